The number of aryl methyl sites for hydroxylation is 1. The van der Waals surface area contributed by atoms with Gasteiger partial charge in [0.2, 0.25) is 0 Å². The van der Waals surface area contributed by atoms with Gasteiger partial charge in [0.15, 0.2) is 11.6 Å². The number of halogens is 2. The summed E-state index contributed by atoms with van der Waals surface area (Å²) in [5.74, 6) is -3.15. The second-order valence-corrected chi connectivity index (χ2v) is 6.99. The van der Waals surface area contributed by atoms with Crippen molar-refractivity contribution in [2.75, 3.05) is 0 Å². The monoisotopic (exact) mass is 365 g/mol. The van der Waals surface area contributed by atoms with Crippen LogP contribution in [0.1, 0.15) is 10.4 Å². The molecule has 3 aromatic rings. The molecular weight excluding hydrogens is 352 g/mol. The van der Waals surface area contributed by atoms with Gasteiger partial charge in [0.25, 0.3) is 15.9 Å². The lowest BCUT2D eigenvalue weighted by Crippen LogP contribution is -2.41. The van der Waals surface area contributed by atoms with Gasteiger partial charge in [0.05, 0.1) is 10.5 Å². The van der Waals surface area contributed by atoms with E-state index >= 15 is 0 Å². The van der Waals surface area contributed by atoms with Gasteiger partial charge in [0.1, 0.15) is 0 Å². The maximum Gasteiger partial charge on any atom is 0.268 e. The Bertz CT molecular complexity index is 1080. The van der Waals surface area contributed by atoms with Crippen molar-refractivity contribution in [1.29, 1.82) is 0 Å². The average Bonchev–Trinajstić information content (AvgIpc) is 2.92. The van der Waals surface area contributed by atoms with Crippen molar-refractivity contribution in [2.45, 2.75) is 4.90 Å². The third-order valence-electron chi connectivity index (χ3n) is 3.64. The van der Waals surface area contributed by atoms with Crippen LogP contribution in [0.3, 0.4) is 0 Å². The first-order chi connectivity index (χ1) is 11.8. The van der Waals surface area contributed by atoms with E-state index in [4.69, 9.17) is 0 Å². The maximum absolute atomic E-state index is 13.2. The Balaban J connectivity index is 1.82. The SMILES string of the molecule is Cn1cc(C(=O)NNS(=O)(=O)c2ccc(F)c(F)c2)c2ccccc21. The number of hydrogen-bond acceptors (Lipinski definition) is 3. The zero-order valence-electron chi connectivity index (χ0n) is 13.0. The summed E-state index contributed by atoms with van der Waals surface area (Å²) >= 11 is 0. The third-order valence-corrected chi connectivity index (χ3v) is 4.89. The summed E-state index contributed by atoms with van der Waals surface area (Å²) < 4.78 is 52.0. The predicted octanol–water partition coefficient (Wildman–Crippen LogP) is 2.08. The second kappa shape index (κ2) is 6.26. The van der Waals surface area contributed by atoms with E-state index in [2.05, 4.69) is 5.43 Å². The van der Waals surface area contributed by atoms with Gasteiger partial charge in [-0.15, -0.1) is 4.83 Å². The molecule has 0 unspecified atom stereocenters. The largest absolute Gasteiger partial charge is 0.350 e. The van der Waals surface area contributed by atoms with Crippen molar-refractivity contribution in [3.05, 3.63) is 65.9 Å². The molecule has 0 saturated heterocycles. The molecule has 0 aliphatic carbocycles. The molecule has 25 heavy (non-hydrogen) atoms. The minimum atomic E-state index is -4.24. The number of amides is 1. The van der Waals surface area contributed by atoms with Crippen LogP contribution in [-0.2, 0) is 17.1 Å². The van der Waals surface area contributed by atoms with Crippen molar-refractivity contribution < 1.29 is 22.0 Å². The highest BCUT2D eigenvalue weighted by Gasteiger charge is 2.19. The van der Waals surface area contributed by atoms with Crippen molar-refractivity contribution in [1.82, 2.24) is 14.8 Å². The fourth-order valence-electron chi connectivity index (χ4n) is 2.41. The number of hydrazine groups is 1. The molecule has 3 rings (SSSR count). The molecule has 1 heterocycles. The van der Waals surface area contributed by atoms with Crippen molar-refractivity contribution in [3.63, 3.8) is 0 Å². The zero-order valence-corrected chi connectivity index (χ0v) is 13.8. The Morgan fingerprint density at radius 3 is 2.52 bits per heavy atom. The highest BCUT2D eigenvalue weighted by atomic mass is 32.2. The summed E-state index contributed by atoms with van der Waals surface area (Å²) in [5.41, 5.74) is 3.14. The summed E-state index contributed by atoms with van der Waals surface area (Å²) in [6.07, 6.45) is 1.56. The lowest BCUT2D eigenvalue weighted by atomic mass is 10.2. The van der Waals surface area contributed by atoms with E-state index in [-0.39, 0.29) is 5.56 Å². The lowest BCUT2D eigenvalue weighted by molar-refractivity contribution is 0.0946. The van der Waals surface area contributed by atoms with Gasteiger partial charge >= 0.3 is 0 Å². The van der Waals surface area contributed by atoms with Gasteiger partial charge in [-0.25, -0.2) is 17.2 Å². The smallest absolute Gasteiger partial charge is 0.268 e. The van der Waals surface area contributed by atoms with Crippen LogP contribution >= 0.6 is 0 Å². The van der Waals surface area contributed by atoms with E-state index in [1.807, 2.05) is 17.0 Å². The Kier molecular flexibility index (Phi) is 4.27. The molecular formula is C16H13F2N3O3S. The number of fused-ring (bicyclic) bond motifs is 1. The first-order valence-electron chi connectivity index (χ1n) is 7.11. The predicted molar refractivity (Wildman–Crippen MR) is 87.1 cm³/mol. The van der Waals surface area contributed by atoms with E-state index in [1.54, 1.807) is 29.9 Å². The van der Waals surface area contributed by atoms with E-state index in [1.165, 1.54) is 0 Å². The van der Waals surface area contributed by atoms with E-state index in [0.717, 1.165) is 11.6 Å². The number of benzene rings is 2. The molecule has 0 saturated carbocycles. The standard InChI is InChI=1S/C16H13F2N3O3S/c1-21-9-12(11-4-2-3-5-15(11)21)16(22)19-20-25(23,24)10-6-7-13(17)14(18)8-10/h2-9,20H,1H3,(H,19,22). The summed E-state index contributed by atoms with van der Waals surface area (Å²) in [4.78, 5) is 13.6. The van der Waals surface area contributed by atoms with Crippen LogP contribution in [0.25, 0.3) is 10.9 Å². The zero-order chi connectivity index (χ0) is 18.2. The topological polar surface area (TPSA) is 80.2 Å². The minimum Gasteiger partial charge on any atom is -0.350 e. The van der Waals surface area contributed by atoms with Crippen molar-refractivity contribution >= 4 is 26.8 Å². The molecule has 0 bridgehead atoms. The Morgan fingerprint density at radius 1 is 1.08 bits per heavy atom. The van der Waals surface area contributed by atoms with Crippen LogP contribution in [0.2, 0.25) is 0 Å². The average molecular weight is 365 g/mol. The fraction of sp³-hybridized carbons (Fsp3) is 0.0625. The Morgan fingerprint density at radius 2 is 1.80 bits per heavy atom. The molecule has 1 aromatic heterocycles. The van der Waals surface area contributed by atoms with Crippen LogP contribution < -0.4 is 10.3 Å². The van der Waals surface area contributed by atoms with Crippen molar-refractivity contribution in [3.8, 4) is 0 Å². The molecule has 0 fully saturated rings. The van der Waals surface area contributed by atoms with Gasteiger partial charge in [-0.2, -0.15) is 0 Å². The number of carbonyl (C=O) groups is 1. The van der Waals surface area contributed by atoms with Gasteiger partial charge in [-0.3, -0.25) is 10.2 Å². The molecule has 0 radical (unpaired) electrons. The van der Waals surface area contributed by atoms with Crippen LogP contribution in [0, 0.1) is 11.6 Å². The lowest BCUT2D eigenvalue weighted by Gasteiger charge is -2.08. The minimum absolute atomic E-state index is 0.270. The normalized spacial score (nSPS) is 11.6. The number of nitrogens with one attached hydrogen (secondary N) is 2. The van der Waals surface area contributed by atoms with Gasteiger partial charge in [-0.05, 0) is 24.3 Å². The van der Waals surface area contributed by atoms with E-state index < -0.39 is 32.5 Å². The van der Waals surface area contributed by atoms with Crippen LogP contribution in [-0.4, -0.2) is 18.9 Å². The first-order valence-corrected chi connectivity index (χ1v) is 8.59. The summed E-state index contributed by atoms with van der Waals surface area (Å²) in [5, 5.41) is 0.648. The van der Waals surface area contributed by atoms with Crippen molar-refractivity contribution in [2.24, 2.45) is 7.05 Å². The molecule has 0 aliphatic heterocycles. The van der Waals surface area contributed by atoms with Gasteiger partial charge in [0, 0.05) is 24.1 Å². The van der Waals surface area contributed by atoms with Gasteiger partial charge in [-0.1, -0.05) is 18.2 Å². The third kappa shape index (κ3) is 3.24. The maximum atomic E-state index is 13.2. The number of para-hydroxylation sites is 1. The fourth-order valence-corrected chi connectivity index (χ4v) is 3.26. The molecule has 2 aromatic carbocycles. The first kappa shape index (κ1) is 17.1. The summed E-state index contributed by atoms with van der Waals surface area (Å²) in [6, 6.07) is 9.23. The molecule has 0 aliphatic rings. The van der Waals surface area contributed by atoms with Crippen LogP contribution in [0.15, 0.2) is 53.6 Å². The van der Waals surface area contributed by atoms with E-state index in [9.17, 15) is 22.0 Å². The Labute approximate surface area is 142 Å². The summed E-state index contributed by atoms with van der Waals surface area (Å²) in [7, 11) is -2.49. The van der Waals surface area contributed by atoms with Gasteiger partial charge < -0.3 is 4.57 Å². The quantitative estimate of drug-likeness (QED) is 0.695. The number of hydrogen-bond donors (Lipinski definition) is 2. The number of nitrogens with zero attached hydrogens (tertiary/aromatic N) is 1. The van der Waals surface area contributed by atoms with Crippen LogP contribution in [0.5, 0.6) is 0 Å². The molecule has 2 N–H and O–H groups in total. The number of carbonyl (C=O) groups excluding carboxylic acids is 1. The van der Waals surface area contributed by atoms with E-state index in [0.29, 0.717) is 17.5 Å². The Hall–Kier alpha value is -2.78. The summed E-state index contributed by atoms with van der Waals surface area (Å²) in [6.45, 7) is 0. The molecule has 0 spiro atoms. The second-order valence-electron chi connectivity index (χ2n) is 5.31. The number of rotatable bonds is 4. The highest BCUT2D eigenvalue weighted by molar-refractivity contribution is 7.89. The highest BCUT2D eigenvalue weighted by Crippen LogP contribution is 2.20. The number of sulfonamides is 1. The molecule has 0 atom stereocenters. The molecule has 130 valence electrons. The molecule has 6 nitrogen and oxygen atoms in total. The molecule has 1 amide bonds. The molecule has 9 heteroatoms. The van der Waals surface area contributed by atoms with Crippen LogP contribution in [0.4, 0.5) is 8.78 Å². The number of aromatic nitrogens is 1.